The van der Waals surface area contributed by atoms with E-state index in [0.717, 1.165) is 11.8 Å². The van der Waals surface area contributed by atoms with Crippen molar-refractivity contribution in [1.29, 1.82) is 0 Å². The third kappa shape index (κ3) is 1.98. The molecule has 6 bridgehead atoms. The van der Waals surface area contributed by atoms with E-state index in [4.69, 9.17) is 0 Å². The molecule has 2 atom stereocenters. The smallest absolute Gasteiger partial charge is 0.234 e. The second-order valence-corrected chi connectivity index (χ2v) is 11.2. The van der Waals surface area contributed by atoms with E-state index >= 15 is 0 Å². The van der Waals surface area contributed by atoms with Crippen LogP contribution in [0.3, 0.4) is 0 Å². The van der Waals surface area contributed by atoms with E-state index < -0.39 is 0 Å². The Hall–Kier alpha value is -2.42. The highest BCUT2D eigenvalue weighted by Crippen LogP contribution is 2.63. The van der Waals surface area contributed by atoms with Gasteiger partial charge in [-0.3, -0.25) is 14.5 Å². The minimum Gasteiger partial charge on any atom is -0.278 e. The third-order valence-corrected chi connectivity index (χ3v) is 9.96. The fourth-order valence-corrected chi connectivity index (χ4v) is 9.31. The highest BCUT2D eigenvalue weighted by Gasteiger charge is 2.64. The molecule has 1 heterocycles. The summed E-state index contributed by atoms with van der Waals surface area (Å²) >= 11 is 0. The molecule has 10 rings (SSSR count). The molecular weight excluding hydrogens is 382 g/mol. The molecule has 8 aliphatic rings. The van der Waals surface area contributed by atoms with Crippen LogP contribution in [0.5, 0.6) is 0 Å². The number of carbonyl (C=O) groups excluding carboxylic acids is 2. The number of hydrogen-bond donors (Lipinski definition) is 0. The lowest BCUT2D eigenvalue weighted by atomic mass is 9.54. The van der Waals surface area contributed by atoms with Crippen molar-refractivity contribution in [3.8, 4) is 0 Å². The van der Waals surface area contributed by atoms with E-state index in [1.165, 1.54) is 54.4 Å². The zero-order chi connectivity index (χ0) is 20.4. The average molecular weight is 410 g/mol. The number of carbonyl (C=O) groups is 2. The molecule has 0 N–H and O–H groups in total. The number of imide groups is 1. The van der Waals surface area contributed by atoms with Crippen LogP contribution in [0.4, 0.5) is 0 Å². The Bertz CT molecular complexity index is 1010. The molecule has 1 saturated heterocycles. The van der Waals surface area contributed by atoms with E-state index in [9.17, 15) is 9.59 Å². The molecule has 3 nitrogen and oxygen atoms in total. The summed E-state index contributed by atoms with van der Waals surface area (Å²) < 4.78 is 0. The van der Waals surface area contributed by atoms with Crippen LogP contribution in [-0.4, -0.2) is 22.8 Å². The summed E-state index contributed by atoms with van der Waals surface area (Å²) in [7, 11) is 0. The fraction of sp³-hybridized carbons (Fsp3) is 0.500. The molecule has 1 aliphatic heterocycles. The van der Waals surface area contributed by atoms with Gasteiger partial charge in [-0.2, -0.15) is 0 Å². The number of hydrogen-bond acceptors (Lipinski definition) is 2. The minimum absolute atomic E-state index is 0.0284. The zero-order valence-electron chi connectivity index (χ0n) is 17.6. The van der Waals surface area contributed by atoms with Crippen LogP contribution in [0.15, 0.2) is 48.5 Å². The van der Waals surface area contributed by atoms with Crippen molar-refractivity contribution < 1.29 is 9.59 Å². The summed E-state index contributed by atoms with van der Waals surface area (Å²) in [6.45, 7) is 0. The number of rotatable bonds is 1. The third-order valence-electron chi connectivity index (χ3n) is 9.96. The molecule has 156 valence electrons. The van der Waals surface area contributed by atoms with Crippen molar-refractivity contribution in [1.82, 2.24) is 4.90 Å². The summed E-state index contributed by atoms with van der Waals surface area (Å²) in [5, 5.41) is 0. The molecule has 2 aromatic rings. The summed E-state index contributed by atoms with van der Waals surface area (Å²) in [6.07, 6.45) is 6.32. The molecule has 7 aliphatic carbocycles. The molecular formula is C28H27NO2. The molecule has 0 unspecified atom stereocenters. The topological polar surface area (TPSA) is 37.4 Å². The Kier molecular flexibility index (Phi) is 3.15. The van der Waals surface area contributed by atoms with Crippen LogP contribution >= 0.6 is 0 Å². The molecule has 2 aromatic carbocycles. The van der Waals surface area contributed by atoms with Crippen molar-refractivity contribution in [3.05, 3.63) is 70.8 Å². The standard InChI is InChI=1S/C28H27NO2/c30-27-24-22-18-5-1-2-6-19(18)23(21-8-4-3-7-20(21)22)25(24)28(31)29(27)26-16-10-14-9-15(12-16)13-17(26)11-14/h1-8,14-17,22-26H,9-13H2/t14?,15?,16?,17?,22?,23?,24-,25+,26?. The SMILES string of the molecule is O=C1[C@@H]2C3c4ccccc4C(c4ccccc43)[C@@H]2C(=O)N1C1C2CC3CC(C2)CC1C3. The maximum atomic E-state index is 14.1. The lowest BCUT2D eigenvalue weighted by Crippen LogP contribution is -2.57. The second kappa shape index (κ2) is 5.68. The minimum atomic E-state index is -0.209. The molecule has 3 heteroatoms. The second-order valence-electron chi connectivity index (χ2n) is 11.2. The van der Waals surface area contributed by atoms with Crippen molar-refractivity contribution in [2.24, 2.45) is 35.5 Å². The van der Waals surface area contributed by atoms with Crippen molar-refractivity contribution >= 4 is 11.8 Å². The van der Waals surface area contributed by atoms with Gasteiger partial charge in [0, 0.05) is 17.9 Å². The normalized spacial score (nSPS) is 43.2. The van der Waals surface area contributed by atoms with E-state index in [-0.39, 0.29) is 41.5 Å². The number of likely N-dealkylation sites (tertiary alicyclic amines) is 1. The highest BCUT2D eigenvalue weighted by atomic mass is 16.2. The van der Waals surface area contributed by atoms with Crippen molar-refractivity contribution in [2.75, 3.05) is 0 Å². The Balaban J connectivity index is 1.27. The van der Waals surface area contributed by atoms with Gasteiger partial charge in [-0.1, -0.05) is 48.5 Å². The summed E-state index contributed by atoms with van der Waals surface area (Å²) in [5.41, 5.74) is 5.11. The van der Waals surface area contributed by atoms with Gasteiger partial charge in [0.15, 0.2) is 0 Å². The van der Waals surface area contributed by atoms with Gasteiger partial charge in [0.05, 0.1) is 11.8 Å². The van der Waals surface area contributed by atoms with Gasteiger partial charge in [0.25, 0.3) is 0 Å². The first kappa shape index (κ1) is 17.2. The molecule has 31 heavy (non-hydrogen) atoms. The highest BCUT2D eigenvalue weighted by molar-refractivity contribution is 6.08. The molecule has 0 aromatic heterocycles. The lowest BCUT2D eigenvalue weighted by Gasteiger charge is -2.56. The van der Waals surface area contributed by atoms with Crippen LogP contribution in [0.1, 0.15) is 66.2 Å². The first-order valence-corrected chi connectivity index (χ1v) is 12.2. The molecule has 5 fully saturated rings. The van der Waals surface area contributed by atoms with Gasteiger partial charge in [0.2, 0.25) is 11.8 Å². The van der Waals surface area contributed by atoms with Crippen molar-refractivity contribution in [2.45, 2.75) is 50.0 Å². The van der Waals surface area contributed by atoms with E-state index in [0.29, 0.717) is 11.8 Å². The van der Waals surface area contributed by atoms with E-state index in [2.05, 4.69) is 48.5 Å². The average Bonchev–Trinajstić information content (AvgIpc) is 3.04. The van der Waals surface area contributed by atoms with Gasteiger partial charge in [0.1, 0.15) is 0 Å². The Morgan fingerprint density at radius 3 is 1.35 bits per heavy atom. The van der Waals surface area contributed by atoms with Crippen LogP contribution in [0, 0.1) is 35.5 Å². The fourth-order valence-electron chi connectivity index (χ4n) is 9.31. The molecule has 2 amide bonds. The number of amides is 2. The van der Waals surface area contributed by atoms with Gasteiger partial charge in [-0.25, -0.2) is 0 Å². The van der Waals surface area contributed by atoms with Crippen molar-refractivity contribution in [3.63, 3.8) is 0 Å². The van der Waals surface area contributed by atoms with Crippen LogP contribution in [0.2, 0.25) is 0 Å². The maximum absolute atomic E-state index is 14.1. The van der Waals surface area contributed by atoms with Gasteiger partial charge in [-0.05, 0) is 78.0 Å². The predicted molar refractivity (Wildman–Crippen MR) is 116 cm³/mol. The lowest BCUT2D eigenvalue weighted by molar-refractivity contribution is -0.153. The first-order valence-electron chi connectivity index (χ1n) is 12.2. The summed E-state index contributed by atoms with van der Waals surface area (Å²) in [5.74, 6) is 2.72. The van der Waals surface area contributed by atoms with E-state index in [1.54, 1.807) is 0 Å². The van der Waals surface area contributed by atoms with Gasteiger partial charge >= 0.3 is 0 Å². The first-order chi connectivity index (χ1) is 15.2. The Labute approximate surface area is 182 Å². The molecule has 0 spiro atoms. The number of benzene rings is 2. The van der Waals surface area contributed by atoms with Crippen LogP contribution in [0.25, 0.3) is 0 Å². The number of nitrogens with zero attached hydrogens (tertiary/aromatic N) is 1. The van der Waals surface area contributed by atoms with E-state index in [1.807, 2.05) is 4.90 Å². The van der Waals surface area contributed by atoms with Crippen LogP contribution in [-0.2, 0) is 9.59 Å². The zero-order valence-corrected chi connectivity index (χ0v) is 17.6. The monoisotopic (exact) mass is 409 g/mol. The van der Waals surface area contributed by atoms with Gasteiger partial charge < -0.3 is 0 Å². The van der Waals surface area contributed by atoms with Gasteiger partial charge in [-0.15, -0.1) is 0 Å². The summed E-state index contributed by atoms with van der Waals surface area (Å²) in [6, 6.07) is 17.3. The quantitative estimate of drug-likeness (QED) is 0.640. The maximum Gasteiger partial charge on any atom is 0.234 e. The molecule has 0 radical (unpaired) electrons. The Morgan fingerprint density at radius 1 is 0.581 bits per heavy atom. The Morgan fingerprint density at radius 2 is 0.968 bits per heavy atom. The van der Waals surface area contributed by atoms with Crippen LogP contribution < -0.4 is 0 Å². The summed E-state index contributed by atoms with van der Waals surface area (Å²) in [4.78, 5) is 30.0. The predicted octanol–water partition coefficient (Wildman–Crippen LogP) is 4.70. The molecule has 4 saturated carbocycles. The largest absolute Gasteiger partial charge is 0.278 e.